The highest BCUT2D eigenvalue weighted by atomic mass is 16.3. The fourth-order valence-corrected chi connectivity index (χ4v) is 3.73. The second-order valence-electron chi connectivity index (χ2n) is 5.72. The zero-order chi connectivity index (χ0) is 11.8. The minimum absolute atomic E-state index is 0.125. The Morgan fingerprint density at radius 3 is 2.59 bits per heavy atom. The molecule has 0 amide bonds. The van der Waals surface area contributed by atoms with Gasteiger partial charge in [0.2, 0.25) is 0 Å². The highest BCUT2D eigenvalue weighted by Gasteiger charge is 2.40. The molecule has 17 heavy (non-hydrogen) atoms. The average Bonchev–Trinajstić information content (AvgIpc) is 2.91. The summed E-state index contributed by atoms with van der Waals surface area (Å²) >= 11 is 0. The van der Waals surface area contributed by atoms with E-state index in [1.807, 2.05) is 6.07 Å². The second kappa shape index (κ2) is 4.46. The molecule has 4 unspecified atom stereocenters. The van der Waals surface area contributed by atoms with Gasteiger partial charge in [-0.25, -0.2) is 0 Å². The van der Waals surface area contributed by atoms with Crippen LogP contribution in [-0.2, 0) is 0 Å². The first-order valence-corrected chi connectivity index (χ1v) is 6.78. The molecule has 3 rings (SSSR count). The van der Waals surface area contributed by atoms with Crippen LogP contribution >= 0.6 is 0 Å². The highest BCUT2D eigenvalue weighted by Crippen LogP contribution is 2.41. The van der Waals surface area contributed by atoms with Gasteiger partial charge in [0.1, 0.15) is 5.76 Å². The molecule has 0 aromatic carbocycles. The summed E-state index contributed by atoms with van der Waals surface area (Å²) < 4.78 is 5.57. The van der Waals surface area contributed by atoms with Gasteiger partial charge in [-0.05, 0) is 43.7 Å². The first kappa shape index (κ1) is 11.3. The van der Waals surface area contributed by atoms with E-state index < -0.39 is 0 Å². The van der Waals surface area contributed by atoms with Gasteiger partial charge >= 0.3 is 0 Å². The molecule has 4 atom stereocenters. The Morgan fingerprint density at radius 1 is 1.35 bits per heavy atom. The van der Waals surface area contributed by atoms with Crippen molar-refractivity contribution >= 4 is 0 Å². The third-order valence-corrected chi connectivity index (χ3v) is 4.48. The zero-order valence-corrected chi connectivity index (χ0v) is 10.5. The van der Waals surface area contributed by atoms with E-state index in [0.29, 0.717) is 0 Å². The van der Waals surface area contributed by atoms with Gasteiger partial charge in [0, 0.05) is 19.1 Å². The molecule has 1 saturated heterocycles. The number of rotatable bonds is 3. The van der Waals surface area contributed by atoms with Crippen LogP contribution in [0.15, 0.2) is 22.8 Å². The molecule has 1 aromatic rings. The van der Waals surface area contributed by atoms with Crippen LogP contribution in [0.1, 0.15) is 38.0 Å². The first-order chi connectivity index (χ1) is 8.25. The van der Waals surface area contributed by atoms with E-state index in [1.165, 1.54) is 32.4 Å². The Bertz CT molecular complexity index is 348. The number of fused-ring (bicyclic) bond motifs is 1. The van der Waals surface area contributed by atoms with Gasteiger partial charge in [-0.15, -0.1) is 0 Å². The summed E-state index contributed by atoms with van der Waals surface area (Å²) in [7, 11) is 0. The summed E-state index contributed by atoms with van der Waals surface area (Å²) in [6, 6.07) is 4.40. The molecule has 2 N–H and O–H groups in total. The Morgan fingerprint density at radius 2 is 2.06 bits per heavy atom. The lowest BCUT2D eigenvalue weighted by Gasteiger charge is -2.29. The third-order valence-electron chi connectivity index (χ3n) is 4.48. The van der Waals surface area contributed by atoms with Crippen molar-refractivity contribution in [1.82, 2.24) is 4.90 Å². The lowest BCUT2D eigenvalue weighted by atomic mass is 10.0. The molecule has 1 aromatic heterocycles. The summed E-state index contributed by atoms with van der Waals surface area (Å²) in [5, 5.41) is 0. The summed E-state index contributed by atoms with van der Waals surface area (Å²) in [4.78, 5) is 2.54. The molecular weight excluding hydrogens is 212 g/mol. The standard InChI is InChI=1S/C14H22N2O/c1-10(15)14(13-6-3-7-17-13)16-8-11-4-2-5-12(11)9-16/h3,6-7,10-12,14H,2,4-5,8-9,15H2,1H3. The van der Waals surface area contributed by atoms with Crippen LogP contribution in [0.4, 0.5) is 0 Å². The molecule has 2 heterocycles. The van der Waals surface area contributed by atoms with E-state index >= 15 is 0 Å². The van der Waals surface area contributed by atoms with Crippen LogP contribution in [0, 0.1) is 11.8 Å². The minimum atomic E-state index is 0.125. The molecule has 94 valence electrons. The second-order valence-corrected chi connectivity index (χ2v) is 5.72. The maximum Gasteiger partial charge on any atom is 0.122 e. The SMILES string of the molecule is CC(N)C(c1ccco1)N1CC2CCCC2C1. The Balaban J connectivity index is 1.77. The van der Waals surface area contributed by atoms with Crippen molar-refractivity contribution in [2.24, 2.45) is 17.6 Å². The molecule has 0 spiro atoms. The quantitative estimate of drug-likeness (QED) is 0.873. The van der Waals surface area contributed by atoms with Gasteiger partial charge in [0.05, 0.1) is 12.3 Å². The highest BCUT2D eigenvalue weighted by molar-refractivity contribution is 5.09. The number of nitrogens with two attached hydrogens (primary N) is 1. The monoisotopic (exact) mass is 234 g/mol. The van der Waals surface area contributed by atoms with Crippen LogP contribution in [0.2, 0.25) is 0 Å². The van der Waals surface area contributed by atoms with Gasteiger partial charge < -0.3 is 10.2 Å². The minimum Gasteiger partial charge on any atom is -0.468 e. The van der Waals surface area contributed by atoms with Crippen molar-refractivity contribution in [2.75, 3.05) is 13.1 Å². The fraction of sp³-hybridized carbons (Fsp3) is 0.714. The normalized spacial score (nSPS) is 32.6. The first-order valence-electron chi connectivity index (χ1n) is 6.78. The predicted octanol–water partition coefficient (Wildman–Crippen LogP) is 2.40. The van der Waals surface area contributed by atoms with Crippen molar-refractivity contribution in [3.8, 4) is 0 Å². The van der Waals surface area contributed by atoms with Gasteiger partial charge in [-0.3, -0.25) is 4.90 Å². The molecule has 3 heteroatoms. The molecule has 2 fully saturated rings. The van der Waals surface area contributed by atoms with Crippen LogP contribution in [0.5, 0.6) is 0 Å². The van der Waals surface area contributed by atoms with Crippen molar-refractivity contribution in [2.45, 2.75) is 38.3 Å². The van der Waals surface area contributed by atoms with Gasteiger partial charge in [0.15, 0.2) is 0 Å². The van der Waals surface area contributed by atoms with Gasteiger partial charge in [-0.1, -0.05) is 6.42 Å². The number of hydrogen-bond acceptors (Lipinski definition) is 3. The van der Waals surface area contributed by atoms with Gasteiger partial charge in [-0.2, -0.15) is 0 Å². The number of furan rings is 1. The number of likely N-dealkylation sites (tertiary alicyclic amines) is 1. The summed E-state index contributed by atoms with van der Waals surface area (Å²) in [6.07, 6.45) is 5.99. The molecule has 0 bridgehead atoms. The van der Waals surface area contributed by atoms with E-state index in [-0.39, 0.29) is 12.1 Å². The Hall–Kier alpha value is -0.800. The maximum atomic E-state index is 6.16. The Labute approximate surface area is 103 Å². The smallest absolute Gasteiger partial charge is 0.122 e. The molecule has 1 saturated carbocycles. The third kappa shape index (κ3) is 2.02. The van der Waals surface area contributed by atoms with Crippen molar-refractivity contribution < 1.29 is 4.42 Å². The topological polar surface area (TPSA) is 42.4 Å². The lowest BCUT2D eigenvalue weighted by molar-refractivity contribution is 0.177. The number of hydrogen-bond donors (Lipinski definition) is 1. The van der Waals surface area contributed by atoms with Crippen LogP contribution in [0.25, 0.3) is 0 Å². The molecule has 1 aliphatic heterocycles. The number of nitrogens with zero attached hydrogens (tertiary/aromatic N) is 1. The van der Waals surface area contributed by atoms with E-state index in [0.717, 1.165) is 17.6 Å². The van der Waals surface area contributed by atoms with E-state index in [1.54, 1.807) is 6.26 Å². The van der Waals surface area contributed by atoms with Gasteiger partial charge in [0.25, 0.3) is 0 Å². The van der Waals surface area contributed by atoms with Crippen molar-refractivity contribution in [1.29, 1.82) is 0 Å². The molecule has 0 radical (unpaired) electrons. The molecule has 2 aliphatic rings. The lowest BCUT2D eigenvalue weighted by Crippen LogP contribution is -2.38. The van der Waals surface area contributed by atoms with Crippen molar-refractivity contribution in [3.63, 3.8) is 0 Å². The Kier molecular flexibility index (Phi) is 2.97. The van der Waals surface area contributed by atoms with Crippen LogP contribution in [0.3, 0.4) is 0 Å². The van der Waals surface area contributed by atoms with Crippen molar-refractivity contribution in [3.05, 3.63) is 24.2 Å². The van der Waals surface area contributed by atoms with Crippen LogP contribution < -0.4 is 5.73 Å². The summed E-state index contributed by atoms with van der Waals surface area (Å²) in [5.74, 6) is 2.84. The van der Waals surface area contributed by atoms with E-state index in [9.17, 15) is 0 Å². The fourth-order valence-electron chi connectivity index (χ4n) is 3.73. The predicted molar refractivity (Wildman–Crippen MR) is 67.5 cm³/mol. The largest absolute Gasteiger partial charge is 0.468 e. The van der Waals surface area contributed by atoms with Crippen LogP contribution in [-0.4, -0.2) is 24.0 Å². The average molecular weight is 234 g/mol. The van der Waals surface area contributed by atoms with E-state index in [2.05, 4.69) is 17.9 Å². The zero-order valence-electron chi connectivity index (χ0n) is 10.5. The summed E-state index contributed by atoms with van der Waals surface area (Å²) in [6.45, 7) is 4.50. The summed E-state index contributed by atoms with van der Waals surface area (Å²) in [5.41, 5.74) is 6.16. The van der Waals surface area contributed by atoms with E-state index in [4.69, 9.17) is 10.2 Å². The molecule has 1 aliphatic carbocycles. The maximum absolute atomic E-state index is 6.16. The molecule has 3 nitrogen and oxygen atoms in total. The molecular formula is C14H22N2O.